The number of nitrogens with one attached hydrogen (secondary N) is 2. The standard InChI is InChI=1S/C19H24N2O2/c1-14(2)23-13-16-8-6-10-18(11-16)21-19(22)20-12-17-9-5-4-7-15(17)3/h4-11,14H,12-13H2,1-3H3,(H2,20,21,22). The van der Waals surface area contributed by atoms with Crippen LogP contribution in [0.1, 0.15) is 30.5 Å². The molecule has 4 nitrogen and oxygen atoms in total. The highest BCUT2D eigenvalue weighted by Gasteiger charge is 2.04. The Hall–Kier alpha value is -2.33. The monoisotopic (exact) mass is 312 g/mol. The Kier molecular flexibility index (Phi) is 6.18. The topological polar surface area (TPSA) is 50.4 Å². The molecule has 2 rings (SSSR count). The average Bonchev–Trinajstić information content (AvgIpc) is 2.52. The number of ether oxygens (including phenoxy) is 1. The summed E-state index contributed by atoms with van der Waals surface area (Å²) in [5.41, 5.74) is 4.08. The second-order valence-corrected chi connectivity index (χ2v) is 5.79. The van der Waals surface area contributed by atoms with Gasteiger partial charge in [-0.25, -0.2) is 4.79 Å². The van der Waals surface area contributed by atoms with Crippen LogP contribution >= 0.6 is 0 Å². The number of hydrogen-bond donors (Lipinski definition) is 2. The largest absolute Gasteiger partial charge is 0.374 e. The molecule has 2 aromatic carbocycles. The molecule has 0 saturated carbocycles. The first-order valence-electron chi connectivity index (χ1n) is 7.84. The van der Waals surface area contributed by atoms with Crippen LogP contribution in [0.4, 0.5) is 10.5 Å². The third-order valence-corrected chi connectivity index (χ3v) is 3.47. The van der Waals surface area contributed by atoms with E-state index in [0.717, 1.165) is 16.8 Å². The van der Waals surface area contributed by atoms with Gasteiger partial charge in [-0.05, 0) is 49.6 Å². The van der Waals surface area contributed by atoms with E-state index in [1.165, 1.54) is 5.56 Å². The molecule has 0 aromatic heterocycles. The van der Waals surface area contributed by atoms with Crippen molar-refractivity contribution in [1.82, 2.24) is 5.32 Å². The van der Waals surface area contributed by atoms with Crippen molar-refractivity contribution in [1.29, 1.82) is 0 Å². The van der Waals surface area contributed by atoms with Gasteiger partial charge >= 0.3 is 6.03 Å². The van der Waals surface area contributed by atoms with Crippen LogP contribution < -0.4 is 10.6 Å². The first-order valence-corrected chi connectivity index (χ1v) is 7.84. The van der Waals surface area contributed by atoms with Gasteiger partial charge in [0.1, 0.15) is 0 Å². The van der Waals surface area contributed by atoms with Crippen molar-refractivity contribution in [2.24, 2.45) is 0 Å². The Morgan fingerprint density at radius 1 is 1.13 bits per heavy atom. The lowest BCUT2D eigenvalue weighted by atomic mass is 10.1. The molecule has 0 atom stereocenters. The first kappa shape index (κ1) is 17.0. The molecule has 0 aliphatic carbocycles. The maximum atomic E-state index is 12.0. The van der Waals surface area contributed by atoms with E-state index in [4.69, 9.17) is 4.74 Å². The lowest BCUT2D eigenvalue weighted by Gasteiger charge is -2.11. The predicted molar refractivity (Wildman–Crippen MR) is 93.4 cm³/mol. The molecule has 0 aliphatic heterocycles. The number of carbonyl (C=O) groups excluding carboxylic acids is 1. The third-order valence-electron chi connectivity index (χ3n) is 3.47. The zero-order valence-electron chi connectivity index (χ0n) is 13.9. The lowest BCUT2D eigenvalue weighted by Crippen LogP contribution is -2.28. The summed E-state index contributed by atoms with van der Waals surface area (Å²) in [6.07, 6.45) is 0.184. The van der Waals surface area contributed by atoms with E-state index in [1.54, 1.807) is 0 Å². The van der Waals surface area contributed by atoms with Gasteiger partial charge in [0.2, 0.25) is 0 Å². The molecule has 2 N–H and O–H groups in total. The molecular weight excluding hydrogens is 288 g/mol. The fourth-order valence-corrected chi connectivity index (χ4v) is 2.16. The molecule has 0 bridgehead atoms. The Bertz CT molecular complexity index is 653. The number of rotatable bonds is 6. The van der Waals surface area contributed by atoms with Crippen LogP contribution in [-0.2, 0) is 17.9 Å². The molecule has 4 heteroatoms. The van der Waals surface area contributed by atoms with Gasteiger partial charge in [0, 0.05) is 12.2 Å². The van der Waals surface area contributed by atoms with Gasteiger partial charge in [0.15, 0.2) is 0 Å². The molecule has 0 unspecified atom stereocenters. The summed E-state index contributed by atoms with van der Waals surface area (Å²) in [6, 6.07) is 15.5. The van der Waals surface area contributed by atoms with Gasteiger partial charge in [-0.2, -0.15) is 0 Å². The van der Waals surface area contributed by atoms with E-state index >= 15 is 0 Å². The van der Waals surface area contributed by atoms with Crippen LogP contribution in [0.3, 0.4) is 0 Å². The predicted octanol–water partition coefficient (Wildman–Crippen LogP) is 4.24. The summed E-state index contributed by atoms with van der Waals surface area (Å²) in [7, 11) is 0. The Labute approximate surface area is 137 Å². The summed E-state index contributed by atoms with van der Waals surface area (Å²) >= 11 is 0. The SMILES string of the molecule is Cc1ccccc1CNC(=O)Nc1cccc(COC(C)C)c1. The number of carbonyl (C=O) groups is 1. The Morgan fingerprint density at radius 2 is 1.91 bits per heavy atom. The highest BCUT2D eigenvalue weighted by molar-refractivity contribution is 5.89. The normalized spacial score (nSPS) is 10.6. The van der Waals surface area contributed by atoms with Gasteiger partial charge in [-0.3, -0.25) is 0 Å². The van der Waals surface area contributed by atoms with Crippen LogP contribution in [0, 0.1) is 6.92 Å². The minimum atomic E-state index is -0.213. The van der Waals surface area contributed by atoms with Gasteiger partial charge in [-0.1, -0.05) is 36.4 Å². The van der Waals surface area contributed by atoms with Crippen molar-refractivity contribution < 1.29 is 9.53 Å². The van der Waals surface area contributed by atoms with Gasteiger partial charge in [0.05, 0.1) is 12.7 Å². The van der Waals surface area contributed by atoms with Gasteiger partial charge < -0.3 is 15.4 Å². The summed E-state index contributed by atoms with van der Waals surface area (Å²) < 4.78 is 5.58. The van der Waals surface area contributed by atoms with Crippen LogP contribution in [0.25, 0.3) is 0 Å². The minimum Gasteiger partial charge on any atom is -0.374 e. The second-order valence-electron chi connectivity index (χ2n) is 5.79. The molecule has 0 aliphatic rings. The van der Waals surface area contributed by atoms with Crippen LogP contribution in [-0.4, -0.2) is 12.1 Å². The van der Waals surface area contributed by atoms with Crippen molar-refractivity contribution in [3.63, 3.8) is 0 Å². The number of urea groups is 1. The fraction of sp³-hybridized carbons (Fsp3) is 0.316. The maximum Gasteiger partial charge on any atom is 0.319 e. The summed E-state index contributed by atoms with van der Waals surface area (Å²) in [5, 5.41) is 5.73. The number of anilines is 1. The van der Waals surface area contributed by atoms with E-state index in [1.807, 2.05) is 69.3 Å². The zero-order valence-corrected chi connectivity index (χ0v) is 13.9. The van der Waals surface area contributed by atoms with Crippen LogP contribution in [0.15, 0.2) is 48.5 Å². The molecule has 0 radical (unpaired) electrons. The molecular formula is C19H24N2O2. The second kappa shape index (κ2) is 8.34. The van der Waals surface area contributed by atoms with Crippen molar-refractivity contribution >= 4 is 11.7 Å². The average molecular weight is 312 g/mol. The molecule has 0 fully saturated rings. The summed E-state index contributed by atoms with van der Waals surface area (Å²) in [6.45, 7) is 7.09. The maximum absolute atomic E-state index is 12.0. The number of amides is 2. The van der Waals surface area contributed by atoms with Gasteiger partial charge in [-0.15, -0.1) is 0 Å². The fourth-order valence-electron chi connectivity index (χ4n) is 2.16. The summed E-state index contributed by atoms with van der Waals surface area (Å²) in [5.74, 6) is 0. The Morgan fingerprint density at radius 3 is 2.65 bits per heavy atom. The van der Waals surface area contributed by atoms with Crippen molar-refractivity contribution in [2.75, 3.05) is 5.32 Å². The zero-order chi connectivity index (χ0) is 16.7. The van der Waals surface area contributed by atoms with E-state index in [0.29, 0.717) is 13.2 Å². The lowest BCUT2D eigenvalue weighted by molar-refractivity contribution is 0.0657. The van der Waals surface area contributed by atoms with E-state index in [2.05, 4.69) is 10.6 Å². The molecule has 0 heterocycles. The smallest absolute Gasteiger partial charge is 0.319 e. The highest BCUT2D eigenvalue weighted by atomic mass is 16.5. The number of benzene rings is 2. The van der Waals surface area contributed by atoms with E-state index in [-0.39, 0.29) is 12.1 Å². The van der Waals surface area contributed by atoms with Crippen molar-refractivity contribution in [3.05, 3.63) is 65.2 Å². The quantitative estimate of drug-likeness (QED) is 0.838. The van der Waals surface area contributed by atoms with Gasteiger partial charge in [0.25, 0.3) is 0 Å². The molecule has 23 heavy (non-hydrogen) atoms. The minimum absolute atomic E-state index is 0.184. The van der Waals surface area contributed by atoms with Crippen molar-refractivity contribution in [2.45, 2.75) is 40.0 Å². The third kappa shape index (κ3) is 5.75. The first-order chi connectivity index (χ1) is 11.0. The molecule has 2 amide bonds. The highest BCUT2D eigenvalue weighted by Crippen LogP contribution is 2.12. The summed E-state index contributed by atoms with van der Waals surface area (Å²) in [4.78, 5) is 12.0. The Balaban J connectivity index is 1.87. The van der Waals surface area contributed by atoms with Crippen LogP contribution in [0.5, 0.6) is 0 Å². The number of aryl methyl sites for hydroxylation is 1. The van der Waals surface area contributed by atoms with Crippen molar-refractivity contribution in [3.8, 4) is 0 Å². The molecule has 0 saturated heterocycles. The van der Waals surface area contributed by atoms with E-state index < -0.39 is 0 Å². The van der Waals surface area contributed by atoms with Crippen LogP contribution in [0.2, 0.25) is 0 Å². The van der Waals surface area contributed by atoms with E-state index in [9.17, 15) is 4.79 Å². The number of hydrogen-bond acceptors (Lipinski definition) is 2. The molecule has 0 spiro atoms. The molecule has 122 valence electrons. The molecule has 2 aromatic rings.